The molecule has 0 aromatic heterocycles. The van der Waals surface area contributed by atoms with Crippen LogP contribution in [0.3, 0.4) is 0 Å². The fourth-order valence-electron chi connectivity index (χ4n) is 4.41. The first-order valence-corrected chi connectivity index (χ1v) is 8.47. The van der Waals surface area contributed by atoms with Crippen molar-refractivity contribution in [3.8, 4) is 0 Å². The molecular formula is C17H31IN4O. The maximum Gasteiger partial charge on any atom is 0.220 e. The lowest BCUT2D eigenvalue weighted by atomic mass is 9.79. The largest absolute Gasteiger partial charge is 0.355 e. The molecule has 6 heteroatoms. The molecule has 0 aromatic carbocycles. The minimum atomic E-state index is 0. The molecule has 23 heavy (non-hydrogen) atoms. The van der Waals surface area contributed by atoms with Gasteiger partial charge in [0.1, 0.15) is 0 Å². The molecule has 1 unspecified atom stereocenters. The first-order chi connectivity index (χ1) is 10.2. The standard InChI is InChI=1S/C17H30N4O.HI/c1-15(2)13(16(15,3)4)20-14(18-5)21-8-6-7-17(11-21)9-12(22)19-10-17;/h13H,6-11H2,1-5H3,(H,18,20)(H,19,22);1H. The number of hydrogen-bond donors (Lipinski definition) is 2. The molecule has 1 amide bonds. The third-order valence-corrected chi connectivity index (χ3v) is 6.66. The molecule has 5 nitrogen and oxygen atoms in total. The second kappa shape index (κ2) is 6.08. The monoisotopic (exact) mass is 434 g/mol. The molecule has 2 aliphatic heterocycles. The van der Waals surface area contributed by atoms with E-state index >= 15 is 0 Å². The van der Waals surface area contributed by atoms with Crippen molar-refractivity contribution in [3.05, 3.63) is 0 Å². The average molecular weight is 434 g/mol. The zero-order valence-electron chi connectivity index (χ0n) is 15.0. The summed E-state index contributed by atoms with van der Waals surface area (Å²) in [4.78, 5) is 18.5. The van der Waals surface area contributed by atoms with Gasteiger partial charge in [-0.05, 0) is 23.7 Å². The molecule has 3 fully saturated rings. The van der Waals surface area contributed by atoms with Gasteiger partial charge in [0.2, 0.25) is 5.91 Å². The van der Waals surface area contributed by atoms with Crippen molar-refractivity contribution in [1.82, 2.24) is 15.5 Å². The molecule has 3 aliphatic rings. The van der Waals surface area contributed by atoms with E-state index in [1.165, 1.54) is 0 Å². The summed E-state index contributed by atoms with van der Waals surface area (Å²) in [6, 6.07) is 0.458. The van der Waals surface area contributed by atoms with E-state index < -0.39 is 0 Å². The zero-order chi connectivity index (χ0) is 16.2. The maximum atomic E-state index is 11.6. The Bertz CT molecular complexity index is 503. The van der Waals surface area contributed by atoms with E-state index in [9.17, 15) is 4.79 Å². The molecule has 0 radical (unpaired) electrons. The SMILES string of the molecule is CN=C(NC1C(C)(C)C1(C)C)N1CCCC2(CNC(=O)C2)C1.I. The summed E-state index contributed by atoms with van der Waals surface area (Å²) < 4.78 is 0. The Labute approximate surface area is 157 Å². The number of guanidine groups is 1. The second-order valence-electron chi connectivity index (χ2n) is 8.55. The summed E-state index contributed by atoms with van der Waals surface area (Å²) in [6.07, 6.45) is 2.94. The topological polar surface area (TPSA) is 56.7 Å². The summed E-state index contributed by atoms with van der Waals surface area (Å²) in [5, 5.41) is 6.69. The molecule has 1 saturated carbocycles. The summed E-state index contributed by atoms with van der Waals surface area (Å²) in [7, 11) is 1.87. The van der Waals surface area contributed by atoms with Gasteiger partial charge in [-0.1, -0.05) is 27.7 Å². The second-order valence-corrected chi connectivity index (χ2v) is 8.55. The lowest BCUT2D eigenvalue weighted by molar-refractivity contribution is -0.119. The molecule has 2 heterocycles. The van der Waals surface area contributed by atoms with E-state index in [-0.39, 0.29) is 35.3 Å². The summed E-state index contributed by atoms with van der Waals surface area (Å²) in [6.45, 7) is 12.0. The molecule has 2 saturated heterocycles. The highest BCUT2D eigenvalue weighted by Crippen LogP contribution is 2.62. The predicted octanol–water partition coefficient (Wildman–Crippen LogP) is 2.22. The van der Waals surface area contributed by atoms with Gasteiger partial charge in [0, 0.05) is 44.6 Å². The molecule has 132 valence electrons. The molecule has 0 bridgehead atoms. The van der Waals surface area contributed by atoms with Gasteiger partial charge in [0.25, 0.3) is 0 Å². The molecule has 1 aliphatic carbocycles. The number of nitrogens with one attached hydrogen (secondary N) is 2. The van der Waals surface area contributed by atoms with Crippen LogP contribution in [0.5, 0.6) is 0 Å². The number of halogens is 1. The number of amides is 1. The van der Waals surface area contributed by atoms with Crippen LogP contribution in [0, 0.1) is 16.2 Å². The van der Waals surface area contributed by atoms with Crippen LogP contribution in [-0.4, -0.2) is 49.5 Å². The van der Waals surface area contributed by atoms with Crippen LogP contribution in [-0.2, 0) is 4.79 Å². The van der Waals surface area contributed by atoms with Gasteiger partial charge < -0.3 is 15.5 Å². The Kier molecular flexibility index (Phi) is 4.97. The fourth-order valence-corrected chi connectivity index (χ4v) is 4.41. The number of piperidine rings is 1. The van der Waals surface area contributed by atoms with Gasteiger partial charge in [-0.3, -0.25) is 9.79 Å². The van der Waals surface area contributed by atoms with Crippen molar-refractivity contribution < 1.29 is 4.79 Å². The number of aliphatic imine (C=N–C) groups is 1. The average Bonchev–Trinajstić information content (AvgIpc) is 2.72. The van der Waals surface area contributed by atoms with Gasteiger partial charge in [0.15, 0.2) is 5.96 Å². The first kappa shape index (κ1) is 18.8. The van der Waals surface area contributed by atoms with Gasteiger partial charge in [0.05, 0.1) is 0 Å². The Morgan fingerprint density at radius 1 is 1.30 bits per heavy atom. The predicted molar refractivity (Wildman–Crippen MR) is 104 cm³/mol. The summed E-state index contributed by atoms with van der Waals surface area (Å²) in [5.41, 5.74) is 0.699. The number of carbonyl (C=O) groups is 1. The van der Waals surface area contributed by atoms with Crippen LogP contribution in [0.25, 0.3) is 0 Å². The molecule has 1 atom stereocenters. The summed E-state index contributed by atoms with van der Waals surface area (Å²) >= 11 is 0. The lowest BCUT2D eigenvalue weighted by Gasteiger charge is -2.41. The molecular weight excluding hydrogens is 403 g/mol. The number of carbonyl (C=O) groups excluding carboxylic acids is 1. The van der Waals surface area contributed by atoms with Crippen LogP contribution in [0.1, 0.15) is 47.0 Å². The van der Waals surface area contributed by atoms with Crippen LogP contribution in [0.2, 0.25) is 0 Å². The van der Waals surface area contributed by atoms with E-state index in [2.05, 4.69) is 48.2 Å². The van der Waals surface area contributed by atoms with Crippen molar-refractivity contribution in [2.45, 2.75) is 53.0 Å². The van der Waals surface area contributed by atoms with Gasteiger partial charge >= 0.3 is 0 Å². The van der Waals surface area contributed by atoms with Gasteiger partial charge in [-0.2, -0.15) is 0 Å². The van der Waals surface area contributed by atoms with Crippen molar-refractivity contribution in [3.63, 3.8) is 0 Å². The van der Waals surface area contributed by atoms with Crippen molar-refractivity contribution in [2.24, 2.45) is 21.2 Å². The Balaban J connectivity index is 0.00000192. The first-order valence-electron chi connectivity index (χ1n) is 8.47. The Morgan fingerprint density at radius 2 is 1.96 bits per heavy atom. The third kappa shape index (κ3) is 3.07. The van der Waals surface area contributed by atoms with Crippen molar-refractivity contribution in [2.75, 3.05) is 26.7 Å². The van der Waals surface area contributed by atoms with E-state index in [1.54, 1.807) is 0 Å². The maximum absolute atomic E-state index is 11.6. The highest BCUT2D eigenvalue weighted by molar-refractivity contribution is 14.0. The van der Waals surface area contributed by atoms with Crippen LogP contribution < -0.4 is 10.6 Å². The quantitative estimate of drug-likeness (QED) is 0.378. The van der Waals surface area contributed by atoms with E-state index in [1.807, 2.05) is 7.05 Å². The molecule has 2 N–H and O–H groups in total. The normalized spacial score (nSPS) is 32.5. The third-order valence-electron chi connectivity index (χ3n) is 6.66. The molecule has 1 spiro atoms. The van der Waals surface area contributed by atoms with Crippen molar-refractivity contribution >= 4 is 35.8 Å². The van der Waals surface area contributed by atoms with Crippen molar-refractivity contribution in [1.29, 1.82) is 0 Å². The fraction of sp³-hybridized carbons (Fsp3) is 0.882. The Morgan fingerprint density at radius 3 is 2.43 bits per heavy atom. The molecule has 3 rings (SSSR count). The van der Waals surface area contributed by atoms with E-state index in [0.717, 1.165) is 38.4 Å². The minimum absolute atomic E-state index is 0. The number of likely N-dealkylation sites (tertiary alicyclic amines) is 1. The molecule has 0 aromatic rings. The summed E-state index contributed by atoms with van der Waals surface area (Å²) in [5.74, 6) is 1.20. The number of rotatable bonds is 1. The van der Waals surface area contributed by atoms with Crippen LogP contribution in [0.15, 0.2) is 4.99 Å². The highest BCUT2D eigenvalue weighted by Gasteiger charge is 2.65. The highest BCUT2D eigenvalue weighted by atomic mass is 127. The van der Waals surface area contributed by atoms with E-state index in [4.69, 9.17) is 0 Å². The number of hydrogen-bond acceptors (Lipinski definition) is 2. The van der Waals surface area contributed by atoms with Crippen LogP contribution in [0.4, 0.5) is 0 Å². The van der Waals surface area contributed by atoms with Gasteiger partial charge in [-0.25, -0.2) is 0 Å². The van der Waals surface area contributed by atoms with E-state index in [0.29, 0.717) is 23.3 Å². The lowest BCUT2D eigenvalue weighted by Crippen LogP contribution is -2.52. The van der Waals surface area contributed by atoms with Gasteiger partial charge in [-0.15, -0.1) is 24.0 Å². The smallest absolute Gasteiger partial charge is 0.220 e. The Hall–Kier alpha value is -0.530. The minimum Gasteiger partial charge on any atom is -0.355 e. The zero-order valence-corrected chi connectivity index (χ0v) is 17.4. The number of nitrogens with zero attached hydrogens (tertiary/aromatic N) is 2. The van der Waals surface area contributed by atoms with Crippen LogP contribution >= 0.6 is 24.0 Å².